The lowest BCUT2D eigenvalue weighted by Gasteiger charge is -2.09. The Hall–Kier alpha value is -2.69. The Balaban J connectivity index is 2.09. The van der Waals surface area contributed by atoms with Crippen LogP contribution in [-0.2, 0) is 9.84 Å². The van der Waals surface area contributed by atoms with Crippen LogP contribution in [0.4, 0.5) is 0 Å². The van der Waals surface area contributed by atoms with Gasteiger partial charge in [-0.1, -0.05) is 16.3 Å². The van der Waals surface area contributed by atoms with Crippen LogP contribution in [-0.4, -0.2) is 28.3 Å². The van der Waals surface area contributed by atoms with Crippen LogP contribution in [0.3, 0.4) is 0 Å². The van der Waals surface area contributed by atoms with Crippen LogP contribution in [0.25, 0.3) is 21.1 Å². The van der Waals surface area contributed by atoms with Gasteiger partial charge in [-0.3, -0.25) is 4.79 Å². The zero-order valence-electron chi connectivity index (χ0n) is 12.6. The van der Waals surface area contributed by atoms with E-state index in [1.807, 2.05) is 0 Å². The molecule has 0 aliphatic rings. The monoisotopic (exact) mass is 409 g/mol. The molecule has 4 rings (SSSR count). The number of rotatable bonds is 2. The lowest BCUT2D eigenvalue weighted by molar-refractivity contribution is 0.162. The van der Waals surface area contributed by atoms with E-state index in [2.05, 4.69) is 9.97 Å². The van der Waals surface area contributed by atoms with Crippen LogP contribution < -0.4 is 11.2 Å². The molecule has 2 aromatic carbocycles. The summed E-state index contributed by atoms with van der Waals surface area (Å²) in [6.45, 7) is 0. The van der Waals surface area contributed by atoms with Crippen molar-refractivity contribution in [3.63, 3.8) is 0 Å². The largest absolute Gasteiger partial charge is 0.421 e. The van der Waals surface area contributed by atoms with E-state index in [1.54, 1.807) is 11.6 Å². The zero-order chi connectivity index (χ0) is 18.6. The van der Waals surface area contributed by atoms with Gasteiger partial charge in [0, 0.05) is 0 Å². The average molecular weight is 410 g/mol. The Morgan fingerprint density at radius 1 is 1.19 bits per heavy atom. The van der Waals surface area contributed by atoms with Crippen molar-refractivity contribution in [2.24, 2.45) is 0 Å². The summed E-state index contributed by atoms with van der Waals surface area (Å²) in [5.74, 6) is 0. The zero-order valence-corrected chi connectivity index (χ0v) is 15.0. The first-order valence-corrected chi connectivity index (χ1v) is 9.80. The molecule has 8 nitrogen and oxygen atoms in total. The lowest BCUT2D eigenvalue weighted by Crippen LogP contribution is -2.33. The predicted octanol–water partition coefficient (Wildman–Crippen LogP) is 2.02. The first-order chi connectivity index (χ1) is 12.3. The number of nitrogens with one attached hydrogen (secondary N) is 1. The van der Waals surface area contributed by atoms with E-state index < -0.39 is 21.1 Å². The summed E-state index contributed by atoms with van der Waals surface area (Å²) in [5, 5.41) is 9.08. The Morgan fingerprint density at radius 3 is 2.73 bits per heavy atom. The second-order valence-electron chi connectivity index (χ2n) is 5.33. The van der Waals surface area contributed by atoms with Gasteiger partial charge in [0.15, 0.2) is 0 Å². The van der Waals surface area contributed by atoms with Crippen molar-refractivity contribution in [3.05, 3.63) is 61.7 Å². The van der Waals surface area contributed by atoms with E-state index in [0.717, 1.165) is 4.70 Å². The molecule has 4 aromatic rings. The summed E-state index contributed by atoms with van der Waals surface area (Å²) in [6, 6.07) is 6.87. The van der Waals surface area contributed by atoms with Crippen molar-refractivity contribution in [2.75, 3.05) is 0 Å². The summed E-state index contributed by atoms with van der Waals surface area (Å²) in [5.41, 5.74) is -0.436. The number of nitrogens with zero attached hydrogens (tertiary/aromatic N) is 2. The number of sulfone groups is 1. The maximum Gasteiger partial charge on any atom is 0.362 e. The van der Waals surface area contributed by atoms with Crippen LogP contribution in [0.5, 0.6) is 0 Å². The summed E-state index contributed by atoms with van der Waals surface area (Å²) in [6.07, 6.45) is 0. The van der Waals surface area contributed by atoms with Gasteiger partial charge in [-0.2, -0.15) is 0 Å². The van der Waals surface area contributed by atoms with E-state index in [9.17, 15) is 23.2 Å². The number of aromatic nitrogens is 3. The van der Waals surface area contributed by atoms with Crippen molar-refractivity contribution in [1.82, 2.24) is 14.7 Å². The number of aromatic amines is 1. The summed E-state index contributed by atoms with van der Waals surface area (Å²) >= 11 is 7.34. The molecular weight excluding hydrogens is 402 g/mol. The molecular formula is C15H8ClN3O5S2. The predicted molar refractivity (Wildman–Crippen MR) is 96.1 cm³/mol. The molecule has 132 valence electrons. The van der Waals surface area contributed by atoms with Crippen molar-refractivity contribution in [2.45, 2.75) is 9.79 Å². The third-order valence-electron chi connectivity index (χ3n) is 3.85. The molecule has 0 bridgehead atoms. The summed E-state index contributed by atoms with van der Waals surface area (Å²) in [4.78, 5) is 29.8. The first-order valence-electron chi connectivity index (χ1n) is 7.06. The number of benzene rings is 2. The SMILES string of the molecule is O=c1[nH]c2c(S(=O)(=O)c3ccc4scnc4c3)ccc(Cl)c2c(=O)n1O. The van der Waals surface area contributed by atoms with Gasteiger partial charge in [0.25, 0.3) is 5.56 Å². The fraction of sp³-hybridized carbons (Fsp3) is 0. The van der Waals surface area contributed by atoms with E-state index in [4.69, 9.17) is 11.6 Å². The molecule has 2 N–H and O–H groups in total. The number of halogens is 1. The smallest absolute Gasteiger partial charge is 0.362 e. The van der Waals surface area contributed by atoms with E-state index in [1.165, 1.54) is 35.6 Å². The molecule has 11 heteroatoms. The van der Waals surface area contributed by atoms with Crippen molar-refractivity contribution in [1.29, 1.82) is 0 Å². The number of hydrogen-bond donors (Lipinski definition) is 2. The van der Waals surface area contributed by atoms with E-state index >= 15 is 0 Å². The minimum Gasteiger partial charge on any atom is -0.421 e. The molecule has 26 heavy (non-hydrogen) atoms. The van der Waals surface area contributed by atoms with E-state index in [0.29, 0.717) is 5.52 Å². The summed E-state index contributed by atoms with van der Waals surface area (Å²) < 4.78 is 26.8. The molecule has 0 saturated carbocycles. The number of fused-ring (bicyclic) bond motifs is 2. The molecule has 0 fully saturated rings. The quantitative estimate of drug-likeness (QED) is 0.488. The molecule has 0 spiro atoms. The molecule has 2 heterocycles. The van der Waals surface area contributed by atoms with Gasteiger partial charge in [0.05, 0.1) is 41.4 Å². The number of thiazole rings is 1. The second kappa shape index (κ2) is 5.66. The van der Waals surface area contributed by atoms with Crippen molar-refractivity contribution >= 4 is 53.9 Å². The van der Waals surface area contributed by atoms with Gasteiger partial charge in [0.1, 0.15) is 0 Å². The molecule has 0 radical (unpaired) electrons. The standard InChI is InChI=1S/C15H8ClN3O5S2/c16-8-2-4-11(13-12(8)14(20)19(22)15(21)18-13)26(23,24)7-1-3-10-9(5-7)17-6-25-10/h1-6,22H,(H,18,21). The van der Waals surface area contributed by atoms with Crippen LogP contribution in [0.2, 0.25) is 5.02 Å². The van der Waals surface area contributed by atoms with Gasteiger partial charge >= 0.3 is 5.69 Å². The highest BCUT2D eigenvalue weighted by atomic mass is 35.5. The first kappa shape index (κ1) is 16.8. The highest BCUT2D eigenvalue weighted by Crippen LogP contribution is 2.31. The van der Waals surface area contributed by atoms with Crippen LogP contribution in [0.1, 0.15) is 0 Å². The third-order valence-corrected chi connectivity index (χ3v) is 6.77. The number of hydrogen-bond acceptors (Lipinski definition) is 7. The van der Waals surface area contributed by atoms with Gasteiger partial charge in [0.2, 0.25) is 9.84 Å². The molecule has 0 atom stereocenters. The fourth-order valence-electron chi connectivity index (χ4n) is 2.61. The van der Waals surface area contributed by atoms with Crippen LogP contribution >= 0.6 is 22.9 Å². The molecule has 0 aliphatic carbocycles. The minimum absolute atomic E-state index is 0.0476. The Morgan fingerprint density at radius 2 is 1.96 bits per heavy atom. The third kappa shape index (κ3) is 2.34. The molecule has 2 aromatic heterocycles. The minimum atomic E-state index is -4.09. The van der Waals surface area contributed by atoms with Gasteiger partial charge in [-0.05, 0) is 30.3 Å². The van der Waals surface area contributed by atoms with Gasteiger partial charge < -0.3 is 10.2 Å². The van der Waals surface area contributed by atoms with Gasteiger partial charge in [-0.25, -0.2) is 18.2 Å². The van der Waals surface area contributed by atoms with E-state index in [-0.39, 0.29) is 30.4 Å². The summed E-state index contributed by atoms with van der Waals surface area (Å²) in [7, 11) is -4.09. The van der Waals surface area contributed by atoms with Gasteiger partial charge in [-0.15, -0.1) is 11.3 Å². The lowest BCUT2D eigenvalue weighted by atomic mass is 10.2. The molecule has 0 saturated heterocycles. The highest BCUT2D eigenvalue weighted by Gasteiger charge is 2.24. The molecule has 0 aliphatic heterocycles. The Labute approximate surface area is 153 Å². The fourth-order valence-corrected chi connectivity index (χ4v) is 4.94. The topological polar surface area (TPSA) is 122 Å². The van der Waals surface area contributed by atoms with Crippen molar-refractivity contribution in [3.8, 4) is 0 Å². The average Bonchev–Trinajstić information content (AvgIpc) is 3.07. The Bertz CT molecular complexity index is 1420. The van der Waals surface area contributed by atoms with Crippen LogP contribution in [0.15, 0.2) is 55.2 Å². The second-order valence-corrected chi connectivity index (χ2v) is 8.54. The molecule has 0 unspecified atom stereocenters. The molecule has 0 amide bonds. The van der Waals surface area contributed by atoms with Crippen LogP contribution in [0, 0.1) is 0 Å². The normalized spacial score (nSPS) is 12.0. The number of H-pyrrole nitrogens is 1. The van der Waals surface area contributed by atoms with Crippen molar-refractivity contribution < 1.29 is 13.6 Å². The highest BCUT2D eigenvalue weighted by molar-refractivity contribution is 7.91. The Kier molecular flexibility index (Phi) is 3.65. The maximum atomic E-state index is 13.1. The maximum absolute atomic E-state index is 13.1.